The first kappa shape index (κ1) is 30.4. The Morgan fingerprint density at radius 2 is 1.75 bits per heavy atom. The first-order valence-corrected chi connectivity index (χ1v) is 13.8. The zero-order chi connectivity index (χ0) is 28.9. The van der Waals surface area contributed by atoms with Crippen molar-refractivity contribution in [2.24, 2.45) is 16.6 Å². The van der Waals surface area contributed by atoms with Crippen LogP contribution in [0, 0.1) is 5.92 Å². The van der Waals surface area contributed by atoms with Gasteiger partial charge in [0.2, 0.25) is 11.8 Å². The van der Waals surface area contributed by atoms with Crippen molar-refractivity contribution in [1.82, 2.24) is 10.2 Å². The maximum atomic E-state index is 12.7. The summed E-state index contributed by atoms with van der Waals surface area (Å²) in [6, 6.07) is 14.1. The lowest BCUT2D eigenvalue weighted by Gasteiger charge is -2.32. The number of aliphatic imine (C=N–C) groups is 1. The van der Waals surface area contributed by atoms with Gasteiger partial charge in [-0.3, -0.25) is 14.6 Å². The van der Waals surface area contributed by atoms with Crippen LogP contribution in [0.2, 0.25) is 0 Å². The molecule has 0 aliphatic carbocycles. The number of nitrogens with zero attached hydrogens (tertiary/aromatic N) is 2. The van der Waals surface area contributed by atoms with Gasteiger partial charge in [-0.15, -0.1) is 0 Å². The molecule has 0 saturated carbocycles. The number of carbonyl (C=O) groups excluding carboxylic acids is 2. The molecule has 0 bridgehead atoms. The monoisotopic (exact) mass is 548 g/mol. The minimum Gasteiger partial charge on any atom is -0.494 e. The van der Waals surface area contributed by atoms with Crippen molar-refractivity contribution in [3.8, 4) is 5.75 Å². The number of benzene rings is 2. The predicted molar refractivity (Wildman–Crippen MR) is 156 cm³/mol. The number of carbonyl (C=O) groups is 3. The SMILES string of the molecule is CCOc1ccc(CCC(=O)N2CCC(CC(=O)N[C@@H](Cc3ccc(/C(C=NC)=C/N)cc3)C(=O)O)CC2)cc1. The highest BCUT2D eigenvalue weighted by atomic mass is 16.5. The molecule has 0 radical (unpaired) electrons. The molecule has 40 heavy (non-hydrogen) atoms. The number of aryl methyl sites for hydroxylation is 1. The summed E-state index contributed by atoms with van der Waals surface area (Å²) < 4.78 is 5.46. The highest BCUT2D eigenvalue weighted by molar-refractivity contribution is 6.09. The molecule has 1 aliphatic heterocycles. The van der Waals surface area contributed by atoms with Crippen LogP contribution in [0.1, 0.15) is 49.3 Å². The smallest absolute Gasteiger partial charge is 0.326 e. The molecule has 9 heteroatoms. The Kier molecular flexibility index (Phi) is 11.7. The molecule has 3 rings (SSSR count). The van der Waals surface area contributed by atoms with E-state index in [-0.39, 0.29) is 30.6 Å². The fraction of sp³-hybridized carbons (Fsp3) is 0.419. The highest BCUT2D eigenvalue weighted by Crippen LogP contribution is 2.22. The number of carboxylic acids is 1. The van der Waals surface area contributed by atoms with E-state index in [9.17, 15) is 19.5 Å². The summed E-state index contributed by atoms with van der Waals surface area (Å²) in [6.07, 6.45) is 6.09. The van der Waals surface area contributed by atoms with Gasteiger partial charge in [-0.25, -0.2) is 4.79 Å². The second-order valence-electron chi connectivity index (χ2n) is 9.97. The molecule has 0 spiro atoms. The number of rotatable bonds is 13. The van der Waals surface area contributed by atoms with E-state index in [0.717, 1.165) is 40.9 Å². The van der Waals surface area contributed by atoms with Crippen molar-refractivity contribution in [1.29, 1.82) is 0 Å². The summed E-state index contributed by atoms with van der Waals surface area (Å²) in [6.45, 7) is 3.78. The average Bonchev–Trinajstić information content (AvgIpc) is 2.96. The van der Waals surface area contributed by atoms with Gasteiger partial charge < -0.3 is 25.8 Å². The molecule has 2 amide bonds. The quantitative estimate of drug-likeness (QED) is 0.328. The maximum absolute atomic E-state index is 12.7. The lowest BCUT2D eigenvalue weighted by atomic mass is 9.92. The number of nitrogens with two attached hydrogens (primary N) is 1. The van der Waals surface area contributed by atoms with Crippen LogP contribution in [0.4, 0.5) is 0 Å². The third-order valence-electron chi connectivity index (χ3n) is 7.11. The van der Waals surface area contributed by atoms with E-state index in [4.69, 9.17) is 10.5 Å². The zero-order valence-corrected chi connectivity index (χ0v) is 23.3. The van der Waals surface area contributed by atoms with Gasteiger partial charge in [0.1, 0.15) is 11.8 Å². The standard InChI is InChI=1S/C31H40N4O5/c1-3-40-27-11-6-22(7-12-27)8-13-30(37)35-16-14-24(15-17-35)19-29(36)34-28(31(38)39)18-23-4-9-25(10-5-23)26(20-32)21-33-2/h4-7,9-12,20-21,24,28H,3,8,13-19,32H2,1-2H3,(H,34,36)(H,38,39)/b26-20+,33-21?/t28-/m0/s1. The van der Waals surface area contributed by atoms with Crippen LogP contribution in [0.15, 0.2) is 59.7 Å². The van der Waals surface area contributed by atoms with E-state index in [0.29, 0.717) is 32.5 Å². The van der Waals surface area contributed by atoms with Crippen molar-refractivity contribution in [2.75, 3.05) is 26.7 Å². The third kappa shape index (κ3) is 9.25. The Labute approximate surface area is 236 Å². The molecule has 1 atom stereocenters. The number of amides is 2. The van der Waals surface area contributed by atoms with Crippen LogP contribution < -0.4 is 15.8 Å². The molecular formula is C31H40N4O5. The number of piperidine rings is 1. The zero-order valence-electron chi connectivity index (χ0n) is 23.3. The number of hydrogen-bond acceptors (Lipinski definition) is 6. The van der Waals surface area contributed by atoms with Gasteiger partial charge in [0.05, 0.1) is 6.61 Å². The molecule has 0 aromatic heterocycles. The van der Waals surface area contributed by atoms with E-state index in [1.54, 1.807) is 13.3 Å². The van der Waals surface area contributed by atoms with Gasteiger partial charge in [0.25, 0.3) is 0 Å². The topological polar surface area (TPSA) is 134 Å². The van der Waals surface area contributed by atoms with Gasteiger partial charge in [0, 0.05) is 57.4 Å². The summed E-state index contributed by atoms with van der Waals surface area (Å²) in [5.41, 5.74) is 9.16. The first-order chi connectivity index (χ1) is 19.3. The Morgan fingerprint density at radius 3 is 2.33 bits per heavy atom. The van der Waals surface area contributed by atoms with Crippen molar-refractivity contribution in [3.05, 3.63) is 71.4 Å². The molecule has 214 valence electrons. The third-order valence-corrected chi connectivity index (χ3v) is 7.11. The number of nitrogens with one attached hydrogen (secondary N) is 1. The number of hydrogen-bond donors (Lipinski definition) is 3. The minimum atomic E-state index is -1.08. The average molecular weight is 549 g/mol. The molecule has 2 aromatic rings. The number of likely N-dealkylation sites (tertiary alicyclic amines) is 1. The Balaban J connectivity index is 1.43. The van der Waals surface area contributed by atoms with Crippen LogP contribution >= 0.6 is 0 Å². The fourth-order valence-corrected chi connectivity index (χ4v) is 4.85. The van der Waals surface area contributed by atoms with Gasteiger partial charge in [0.15, 0.2) is 0 Å². The second-order valence-corrected chi connectivity index (χ2v) is 9.97. The molecule has 1 aliphatic rings. The maximum Gasteiger partial charge on any atom is 0.326 e. The lowest BCUT2D eigenvalue weighted by Crippen LogP contribution is -2.44. The van der Waals surface area contributed by atoms with E-state index >= 15 is 0 Å². The lowest BCUT2D eigenvalue weighted by molar-refractivity contribution is -0.142. The van der Waals surface area contributed by atoms with Crippen LogP contribution in [-0.4, -0.2) is 66.8 Å². The Morgan fingerprint density at radius 1 is 1.10 bits per heavy atom. The fourth-order valence-electron chi connectivity index (χ4n) is 4.85. The van der Waals surface area contributed by atoms with Crippen molar-refractivity contribution >= 4 is 29.6 Å². The van der Waals surface area contributed by atoms with Crippen molar-refractivity contribution in [3.63, 3.8) is 0 Å². The number of ether oxygens (including phenoxy) is 1. The highest BCUT2D eigenvalue weighted by Gasteiger charge is 2.26. The number of aliphatic carboxylic acids is 1. The summed E-state index contributed by atoms with van der Waals surface area (Å²) in [7, 11) is 1.66. The normalized spacial score (nSPS) is 15.2. The molecule has 0 unspecified atom stereocenters. The molecule has 1 heterocycles. The molecule has 4 N–H and O–H groups in total. The number of carboxylic acid groups (broad SMARTS) is 1. The summed E-state index contributed by atoms with van der Waals surface area (Å²) >= 11 is 0. The van der Waals surface area contributed by atoms with E-state index in [1.807, 2.05) is 60.4 Å². The van der Waals surface area contributed by atoms with Crippen LogP contribution in [0.5, 0.6) is 5.75 Å². The van der Waals surface area contributed by atoms with Crippen LogP contribution in [-0.2, 0) is 27.2 Å². The van der Waals surface area contributed by atoms with E-state index in [2.05, 4.69) is 10.3 Å². The molecule has 9 nitrogen and oxygen atoms in total. The molecule has 1 fully saturated rings. The Hall–Kier alpha value is -4.14. The van der Waals surface area contributed by atoms with Gasteiger partial charge in [-0.1, -0.05) is 36.4 Å². The largest absolute Gasteiger partial charge is 0.494 e. The van der Waals surface area contributed by atoms with Crippen molar-refractivity contribution in [2.45, 2.75) is 51.5 Å². The van der Waals surface area contributed by atoms with Gasteiger partial charge >= 0.3 is 5.97 Å². The summed E-state index contributed by atoms with van der Waals surface area (Å²) in [5, 5.41) is 12.4. The predicted octanol–water partition coefficient (Wildman–Crippen LogP) is 3.46. The second kappa shape index (κ2) is 15.5. The summed E-state index contributed by atoms with van der Waals surface area (Å²) in [4.78, 5) is 43.1. The van der Waals surface area contributed by atoms with Crippen molar-refractivity contribution < 1.29 is 24.2 Å². The molecule has 1 saturated heterocycles. The Bertz CT molecular complexity index is 1180. The van der Waals surface area contributed by atoms with Crippen LogP contribution in [0.25, 0.3) is 5.57 Å². The molecular weight excluding hydrogens is 508 g/mol. The number of allylic oxidation sites excluding steroid dienone is 1. The first-order valence-electron chi connectivity index (χ1n) is 13.8. The summed E-state index contributed by atoms with van der Waals surface area (Å²) in [5.74, 6) is -0.303. The van der Waals surface area contributed by atoms with Crippen LogP contribution in [0.3, 0.4) is 0 Å². The van der Waals surface area contributed by atoms with Gasteiger partial charge in [-0.05, 0) is 60.9 Å². The van der Waals surface area contributed by atoms with E-state index < -0.39 is 12.0 Å². The van der Waals surface area contributed by atoms with Gasteiger partial charge in [-0.2, -0.15) is 0 Å². The van der Waals surface area contributed by atoms with E-state index in [1.165, 1.54) is 6.20 Å². The minimum absolute atomic E-state index is 0.116. The molecule has 2 aromatic carbocycles.